The minimum Gasteiger partial charge on any atom is -0.306 e. The number of hydrogen-bond donors (Lipinski definition) is 1. The minimum absolute atomic E-state index is 0.160. The highest BCUT2D eigenvalue weighted by atomic mass is 35.5. The number of aromatic nitrogens is 5. The smallest absolute Gasteiger partial charge is 0.222 e. The summed E-state index contributed by atoms with van der Waals surface area (Å²) in [5, 5.41) is 19.1. The number of amides is 1. The zero-order valence-corrected chi connectivity index (χ0v) is 15.4. The summed E-state index contributed by atoms with van der Waals surface area (Å²) in [6.45, 7) is 3.78. The number of rotatable bonds is 6. The van der Waals surface area contributed by atoms with Crippen molar-refractivity contribution in [2.45, 2.75) is 31.3 Å². The summed E-state index contributed by atoms with van der Waals surface area (Å²) >= 11 is 7.35. The second-order valence-electron chi connectivity index (χ2n) is 5.18. The van der Waals surface area contributed by atoms with E-state index >= 15 is 0 Å². The second kappa shape index (κ2) is 7.83. The van der Waals surface area contributed by atoms with Gasteiger partial charge in [0.25, 0.3) is 0 Å². The first-order valence-electron chi connectivity index (χ1n) is 7.60. The molecule has 26 heavy (non-hydrogen) atoms. The number of benzene rings is 1. The maximum Gasteiger partial charge on any atom is 0.222 e. The molecule has 0 saturated carbocycles. The fourth-order valence-electron chi connectivity index (χ4n) is 2.25. The molecule has 3 rings (SSSR count). The Kier molecular flexibility index (Phi) is 5.52. The van der Waals surface area contributed by atoms with E-state index in [0.717, 1.165) is 0 Å². The van der Waals surface area contributed by atoms with Crippen molar-refractivity contribution in [1.82, 2.24) is 25.1 Å². The topological polar surface area (TPSA) is 98.7 Å². The molecule has 2 aromatic heterocycles. The van der Waals surface area contributed by atoms with Gasteiger partial charge < -0.3 is 9.88 Å². The number of carbonyl (C=O) groups is 1. The Hall–Kier alpha value is -2.46. The summed E-state index contributed by atoms with van der Waals surface area (Å²) in [6.07, 6.45) is 0. The van der Waals surface area contributed by atoms with Crippen LogP contribution in [0.15, 0.2) is 28.0 Å². The van der Waals surface area contributed by atoms with Gasteiger partial charge in [-0.05, 0) is 29.4 Å². The number of halogens is 2. The number of carbonyl (C=O) groups excluding carboxylic acids is 1. The van der Waals surface area contributed by atoms with Gasteiger partial charge in [0.1, 0.15) is 5.82 Å². The first-order chi connectivity index (χ1) is 12.5. The van der Waals surface area contributed by atoms with E-state index in [1.54, 1.807) is 16.7 Å². The van der Waals surface area contributed by atoms with Crippen LogP contribution in [-0.4, -0.2) is 31.0 Å². The average molecular weight is 397 g/mol. The number of anilines is 1. The van der Waals surface area contributed by atoms with Crippen molar-refractivity contribution in [1.29, 1.82) is 0 Å². The summed E-state index contributed by atoms with van der Waals surface area (Å²) < 4.78 is 20.4. The van der Waals surface area contributed by atoms with E-state index in [1.165, 1.54) is 24.8 Å². The molecule has 0 radical (unpaired) electrons. The highest BCUT2D eigenvalue weighted by Crippen LogP contribution is 2.31. The SMILES string of the molecule is CCn1c(SCc2c(F)cccc2Cl)nnc1-c1nonc1NC(C)=O. The molecule has 0 unspecified atom stereocenters. The molecule has 0 saturated heterocycles. The quantitative estimate of drug-likeness (QED) is 0.637. The van der Waals surface area contributed by atoms with Gasteiger partial charge >= 0.3 is 0 Å². The molecule has 0 atom stereocenters. The summed E-state index contributed by atoms with van der Waals surface area (Å²) in [6, 6.07) is 4.55. The van der Waals surface area contributed by atoms with Gasteiger partial charge in [-0.1, -0.05) is 29.4 Å². The molecule has 0 bridgehead atoms. The average Bonchev–Trinajstić information content (AvgIpc) is 3.19. The molecule has 0 aliphatic heterocycles. The molecule has 11 heteroatoms. The Morgan fingerprint density at radius 1 is 1.38 bits per heavy atom. The predicted molar refractivity (Wildman–Crippen MR) is 94.3 cm³/mol. The molecule has 0 spiro atoms. The van der Waals surface area contributed by atoms with E-state index in [0.29, 0.717) is 33.9 Å². The van der Waals surface area contributed by atoms with Gasteiger partial charge in [0, 0.05) is 29.8 Å². The van der Waals surface area contributed by atoms with Crippen LogP contribution < -0.4 is 5.32 Å². The minimum atomic E-state index is -0.374. The predicted octanol–water partition coefficient (Wildman–Crippen LogP) is 3.39. The number of nitrogens with one attached hydrogen (secondary N) is 1. The molecule has 0 fully saturated rings. The number of hydrogen-bond acceptors (Lipinski definition) is 7. The zero-order valence-electron chi connectivity index (χ0n) is 13.9. The highest BCUT2D eigenvalue weighted by Gasteiger charge is 2.22. The maximum atomic E-state index is 13.9. The lowest BCUT2D eigenvalue weighted by Crippen LogP contribution is -2.08. The third kappa shape index (κ3) is 3.70. The van der Waals surface area contributed by atoms with Crippen molar-refractivity contribution in [2.75, 3.05) is 5.32 Å². The molecule has 1 N–H and O–H groups in total. The van der Waals surface area contributed by atoms with Crippen LogP contribution in [-0.2, 0) is 17.1 Å². The normalized spacial score (nSPS) is 10.9. The monoisotopic (exact) mass is 396 g/mol. The Labute approximate surface area is 157 Å². The van der Waals surface area contributed by atoms with Crippen molar-refractivity contribution in [2.24, 2.45) is 0 Å². The summed E-state index contributed by atoms with van der Waals surface area (Å²) in [5.74, 6) is 0.155. The molecule has 0 aliphatic rings. The largest absolute Gasteiger partial charge is 0.306 e. The molecular formula is C15H14ClFN6O2S. The third-order valence-corrected chi connectivity index (χ3v) is 4.78. The van der Waals surface area contributed by atoms with Gasteiger partial charge in [-0.3, -0.25) is 4.79 Å². The van der Waals surface area contributed by atoms with E-state index in [9.17, 15) is 9.18 Å². The van der Waals surface area contributed by atoms with Crippen LogP contribution >= 0.6 is 23.4 Å². The lowest BCUT2D eigenvalue weighted by atomic mass is 10.2. The molecule has 2 heterocycles. The lowest BCUT2D eigenvalue weighted by Gasteiger charge is -2.08. The van der Waals surface area contributed by atoms with E-state index in [4.69, 9.17) is 16.2 Å². The Balaban J connectivity index is 1.87. The standard InChI is InChI=1S/C15H14ClFN6O2S/c1-3-23-14(12-13(18-8(2)24)22-25-21-12)19-20-15(23)26-7-9-10(16)5-4-6-11(9)17/h4-6H,3,7H2,1-2H3,(H,18,22,24). The van der Waals surface area contributed by atoms with Gasteiger partial charge in [-0.25, -0.2) is 9.02 Å². The molecule has 3 aromatic rings. The summed E-state index contributed by atoms with van der Waals surface area (Å²) in [7, 11) is 0. The fraction of sp³-hybridized carbons (Fsp3) is 0.267. The summed E-state index contributed by atoms with van der Waals surface area (Å²) in [5.41, 5.74) is 0.665. The van der Waals surface area contributed by atoms with Crippen LogP contribution in [0.3, 0.4) is 0 Å². The molecule has 1 amide bonds. The van der Waals surface area contributed by atoms with Gasteiger partial charge in [-0.15, -0.1) is 10.2 Å². The third-order valence-electron chi connectivity index (χ3n) is 3.44. The van der Waals surface area contributed by atoms with Crippen molar-refractivity contribution >= 4 is 35.1 Å². The van der Waals surface area contributed by atoms with E-state index in [1.807, 2.05) is 6.92 Å². The van der Waals surface area contributed by atoms with Crippen molar-refractivity contribution in [3.05, 3.63) is 34.6 Å². The van der Waals surface area contributed by atoms with Gasteiger partial charge in [0.05, 0.1) is 0 Å². The fourth-order valence-corrected chi connectivity index (χ4v) is 3.59. The molecule has 8 nitrogen and oxygen atoms in total. The molecule has 136 valence electrons. The number of nitrogens with zero attached hydrogens (tertiary/aromatic N) is 5. The zero-order chi connectivity index (χ0) is 18.7. The van der Waals surface area contributed by atoms with E-state index < -0.39 is 0 Å². The molecule has 0 aliphatic carbocycles. The Morgan fingerprint density at radius 2 is 2.19 bits per heavy atom. The lowest BCUT2D eigenvalue weighted by molar-refractivity contribution is -0.114. The number of thioether (sulfide) groups is 1. The summed E-state index contributed by atoms with van der Waals surface area (Å²) in [4.78, 5) is 11.3. The molecule has 1 aromatic carbocycles. The highest BCUT2D eigenvalue weighted by molar-refractivity contribution is 7.98. The van der Waals surface area contributed by atoms with Crippen LogP contribution in [0.2, 0.25) is 5.02 Å². The first-order valence-corrected chi connectivity index (χ1v) is 8.97. The Bertz CT molecular complexity index is 924. The van der Waals surface area contributed by atoms with E-state index in [2.05, 4.69) is 25.8 Å². The second-order valence-corrected chi connectivity index (χ2v) is 6.53. The maximum absolute atomic E-state index is 13.9. The van der Waals surface area contributed by atoms with Crippen molar-refractivity contribution < 1.29 is 13.8 Å². The van der Waals surface area contributed by atoms with Crippen LogP contribution in [0.1, 0.15) is 19.4 Å². The van der Waals surface area contributed by atoms with Crippen molar-refractivity contribution in [3.63, 3.8) is 0 Å². The van der Waals surface area contributed by atoms with Crippen LogP contribution in [0, 0.1) is 5.82 Å². The molecular weight excluding hydrogens is 383 g/mol. The van der Waals surface area contributed by atoms with Crippen LogP contribution in [0.4, 0.5) is 10.2 Å². The van der Waals surface area contributed by atoms with Crippen LogP contribution in [0.25, 0.3) is 11.5 Å². The first kappa shape index (κ1) is 18.3. The van der Waals surface area contributed by atoms with Gasteiger partial charge in [-0.2, -0.15) is 0 Å². The van der Waals surface area contributed by atoms with Crippen LogP contribution in [0.5, 0.6) is 0 Å². The Morgan fingerprint density at radius 3 is 2.88 bits per heavy atom. The van der Waals surface area contributed by atoms with Gasteiger partial charge in [0.2, 0.25) is 11.7 Å². The van der Waals surface area contributed by atoms with Gasteiger partial charge in [0.15, 0.2) is 16.7 Å². The van der Waals surface area contributed by atoms with E-state index in [-0.39, 0.29) is 23.2 Å². The van der Waals surface area contributed by atoms with Crippen molar-refractivity contribution in [3.8, 4) is 11.5 Å².